The Morgan fingerprint density at radius 1 is 1.15 bits per heavy atom. The maximum atomic E-state index is 5.20. The van der Waals surface area contributed by atoms with Gasteiger partial charge < -0.3 is 4.42 Å². The van der Waals surface area contributed by atoms with Crippen molar-refractivity contribution in [2.45, 2.75) is 13.8 Å². The van der Waals surface area contributed by atoms with Crippen molar-refractivity contribution in [1.29, 1.82) is 0 Å². The van der Waals surface area contributed by atoms with E-state index in [-0.39, 0.29) is 0 Å². The zero-order valence-corrected chi connectivity index (χ0v) is 7.61. The van der Waals surface area contributed by atoms with Gasteiger partial charge in [-0.1, -0.05) is 0 Å². The number of furan rings is 1. The molecule has 0 N–H and O–H groups in total. The quantitative estimate of drug-likeness (QED) is 0.666. The first kappa shape index (κ1) is 7.98. The van der Waals surface area contributed by atoms with Crippen molar-refractivity contribution in [3.63, 3.8) is 0 Å². The molecule has 0 saturated carbocycles. The summed E-state index contributed by atoms with van der Waals surface area (Å²) >= 11 is 0. The van der Waals surface area contributed by atoms with Crippen molar-refractivity contribution in [3.05, 3.63) is 35.9 Å². The lowest BCUT2D eigenvalue weighted by molar-refractivity contribution is 0.576. The zero-order chi connectivity index (χ0) is 9.26. The minimum Gasteiger partial charge on any atom is -0.461 e. The highest BCUT2D eigenvalue weighted by Gasteiger charge is 2.04. The van der Waals surface area contributed by atoms with Gasteiger partial charge in [0.1, 0.15) is 0 Å². The number of hydrogen-bond donors (Lipinski definition) is 0. The van der Waals surface area contributed by atoms with E-state index < -0.39 is 0 Å². The maximum absolute atomic E-state index is 5.20. The van der Waals surface area contributed by atoms with E-state index in [1.165, 1.54) is 0 Å². The van der Waals surface area contributed by atoms with E-state index in [1.807, 2.05) is 32.0 Å². The van der Waals surface area contributed by atoms with Crippen molar-refractivity contribution in [2.75, 3.05) is 0 Å². The highest BCUT2D eigenvalue weighted by molar-refractivity contribution is 5.46. The third-order valence-electron chi connectivity index (χ3n) is 1.72. The molecule has 2 rings (SSSR count). The van der Waals surface area contributed by atoms with E-state index in [0.29, 0.717) is 11.6 Å². The third-order valence-corrected chi connectivity index (χ3v) is 1.72. The van der Waals surface area contributed by atoms with Gasteiger partial charge in [-0.05, 0) is 32.0 Å². The Morgan fingerprint density at radius 2 is 1.85 bits per heavy atom. The predicted molar refractivity (Wildman–Crippen MR) is 49.2 cm³/mol. The predicted octanol–water partition coefficient (Wildman–Crippen LogP) is 2.35. The summed E-state index contributed by atoms with van der Waals surface area (Å²) in [6, 6.07) is 5.62. The topological polar surface area (TPSA) is 38.9 Å². The second kappa shape index (κ2) is 3.01. The molecule has 0 aliphatic heterocycles. The molecule has 0 aliphatic carbocycles. The summed E-state index contributed by atoms with van der Waals surface area (Å²) in [6.07, 6.45) is 1.62. The van der Waals surface area contributed by atoms with Crippen LogP contribution in [0.1, 0.15) is 11.4 Å². The number of aryl methyl sites for hydroxylation is 2. The first-order chi connectivity index (χ1) is 6.25. The van der Waals surface area contributed by atoms with Crippen LogP contribution in [-0.2, 0) is 0 Å². The Kier molecular flexibility index (Phi) is 1.85. The van der Waals surface area contributed by atoms with Crippen LogP contribution in [-0.4, -0.2) is 9.97 Å². The fourth-order valence-electron chi connectivity index (χ4n) is 1.24. The van der Waals surface area contributed by atoms with E-state index in [9.17, 15) is 0 Å². The van der Waals surface area contributed by atoms with Crippen molar-refractivity contribution in [2.24, 2.45) is 0 Å². The van der Waals surface area contributed by atoms with Crippen molar-refractivity contribution < 1.29 is 4.42 Å². The molecule has 0 aromatic carbocycles. The molecular weight excluding hydrogens is 164 g/mol. The Balaban J connectivity index is 2.53. The van der Waals surface area contributed by atoms with Crippen LogP contribution in [0.15, 0.2) is 28.9 Å². The molecule has 0 atom stereocenters. The van der Waals surface area contributed by atoms with Crippen molar-refractivity contribution in [3.8, 4) is 11.6 Å². The molecule has 2 aromatic heterocycles. The minimum absolute atomic E-state index is 0.655. The molecule has 2 aromatic rings. The van der Waals surface area contributed by atoms with Crippen molar-refractivity contribution >= 4 is 0 Å². The second-order valence-electron chi connectivity index (χ2n) is 2.95. The summed E-state index contributed by atoms with van der Waals surface area (Å²) in [4.78, 5) is 8.54. The van der Waals surface area contributed by atoms with Crippen LogP contribution in [0.25, 0.3) is 11.6 Å². The molecule has 66 valence electrons. The molecule has 0 saturated heterocycles. The standard InChI is InChI=1S/C10H10N2O/c1-7-6-8(2)12-10(11-7)9-4-3-5-13-9/h3-6H,1-2H3. The summed E-state index contributed by atoms with van der Waals surface area (Å²) in [5.74, 6) is 1.37. The fourth-order valence-corrected chi connectivity index (χ4v) is 1.24. The summed E-state index contributed by atoms with van der Waals surface area (Å²) in [5.41, 5.74) is 1.91. The first-order valence-electron chi connectivity index (χ1n) is 4.12. The van der Waals surface area contributed by atoms with Crippen LogP contribution in [0.3, 0.4) is 0 Å². The Morgan fingerprint density at radius 3 is 2.38 bits per heavy atom. The SMILES string of the molecule is Cc1cc(C)nc(-c2ccco2)n1. The van der Waals surface area contributed by atoms with E-state index in [2.05, 4.69) is 9.97 Å². The largest absolute Gasteiger partial charge is 0.461 e. The van der Waals surface area contributed by atoms with Crippen LogP contribution in [0, 0.1) is 13.8 Å². The van der Waals surface area contributed by atoms with Gasteiger partial charge in [0, 0.05) is 11.4 Å². The summed E-state index contributed by atoms with van der Waals surface area (Å²) < 4.78 is 5.20. The van der Waals surface area contributed by atoms with E-state index in [1.54, 1.807) is 6.26 Å². The molecular formula is C10H10N2O. The van der Waals surface area contributed by atoms with Gasteiger partial charge in [-0.25, -0.2) is 9.97 Å². The molecule has 0 unspecified atom stereocenters. The number of aromatic nitrogens is 2. The molecule has 13 heavy (non-hydrogen) atoms. The average Bonchev–Trinajstić information content (AvgIpc) is 2.53. The summed E-state index contributed by atoms with van der Waals surface area (Å²) in [5, 5.41) is 0. The van der Waals surface area contributed by atoms with Gasteiger partial charge in [0.25, 0.3) is 0 Å². The zero-order valence-electron chi connectivity index (χ0n) is 7.61. The molecule has 0 fully saturated rings. The van der Waals surface area contributed by atoms with E-state index in [4.69, 9.17) is 4.42 Å². The minimum atomic E-state index is 0.655. The third kappa shape index (κ3) is 1.59. The highest BCUT2D eigenvalue weighted by atomic mass is 16.3. The van der Waals surface area contributed by atoms with Crippen molar-refractivity contribution in [1.82, 2.24) is 9.97 Å². The van der Waals surface area contributed by atoms with E-state index >= 15 is 0 Å². The Bertz CT molecular complexity index is 387. The monoisotopic (exact) mass is 174 g/mol. The van der Waals surface area contributed by atoms with Crippen LogP contribution in [0.5, 0.6) is 0 Å². The highest BCUT2D eigenvalue weighted by Crippen LogP contribution is 2.15. The lowest BCUT2D eigenvalue weighted by atomic mass is 10.3. The maximum Gasteiger partial charge on any atom is 0.196 e. The van der Waals surface area contributed by atoms with Crippen LogP contribution < -0.4 is 0 Å². The van der Waals surface area contributed by atoms with Gasteiger partial charge in [-0.3, -0.25) is 0 Å². The Labute approximate surface area is 76.5 Å². The molecule has 0 amide bonds. The molecule has 3 nitrogen and oxygen atoms in total. The lowest BCUT2D eigenvalue weighted by Gasteiger charge is -1.98. The van der Waals surface area contributed by atoms with Gasteiger partial charge >= 0.3 is 0 Å². The van der Waals surface area contributed by atoms with Crippen LogP contribution in [0.2, 0.25) is 0 Å². The Hall–Kier alpha value is -1.64. The van der Waals surface area contributed by atoms with Gasteiger partial charge in [-0.15, -0.1) is 0 Å². The molecule has 0 radical (unpaired) electrons. The number of nitrogens with zero attached hydrogens (tertiary/aromatic N) is 2. The lowest BCUT2D eigenvalue weighted by Crippen LogP contribution is -1.92. The smallest absolute Gasteiger partial charge is 0.196 e. The van der Waals surface area contributed by atoms with Gasteiger partial charge in [0.05, 0.1) is 6.26 Å². The normalized spacial score (nSPS) is 10.3. The number of hydrogen-bond acceptors (Lipinski definition) is 3. The first-order valence-corrected chi connectivity index (χ1v) is 4.12. The second-order valence-corrected chi connectivity index (χ2v) is 2.95. The number of rotatable bonds is 1. The van der Waals surface area contributed by atoms with Gasteiger partial charge in [0.15, 0.2) is 11.6 Å². The van der Waals surface area contributed by atoms with Crippen LogP contribution >= 0.6 is 0 Å². The average molecular weight is 174 g/mol. The molecule has 0 bridgehead atoms. The van der Waals surface area contributed by atoms with E-state index in [0.717, 1.165) is 11.4 Å². The molecule has 0 spiro atoms. The van der Waals surface area contributed by atoms with Crippen LogP contribution in [0.4, 0.5) is 0 Å². The fraction of sp³-hybridized carbons (Fsp3) is 0.200. The molecule has 3 heteroatoms. The van der Waals surface area contributed by atoms with Gasteiger partial charge in [-0.2, -0.15) is 0 Å². The summed E-state index contributed by atoms with van der Waals surface area (Å²) in [6.45, 7) is 3.89. The van der Waals surface area contributed by atoms with Gasteiger partial charge in [0.2, 0.25) is 0 Å². The molecule has 0 aliphatic rings. The summed E-state index contributed by atoms with van der Waals surface area (Å²) in [7, 11) is 0. The molecule has 2 heterocycles.